The van der Waals surface area contributed by atoms with Gasteiger partial charge in [-0.2, -0.15) is 4.68 Å². The Morgan fingerprint density at radius 3 is 2.81 bits per heavy atom. The summed E-state index contributed by atoms with van der Waals surface area (Å²) in [5.74, 6) is 0. The number of rotatable bonds is 5. The Balaban J connectivity index is 0.00000220. The lowest BCUT2D eigenvalue weighted by molar-refractivity contribution is -0.753. The van der Waals surface area contributed by atoms with E-state index >= 15 is 0 Å². The number of nitrogens with zero attached hydrogens (tertiary/aromatic N) is 3. The molecule has 114 valence electrons. The molecule has 0 aliphatic heterocycles. The third kappa shape index (κ3) is 4.08. The summed E-state index contributed by atoms with van der Waals surface area (Å²) in [7, 11) is 1.93. The molecular formula is C12H15BrClN5O2. The van der Waals surface area contributed by atoms with E-state index in [2.05, 4.69) is 5.32 Å². The first kappa shape index (κ1) is 17.3. The number of nitro groups is 1. The molecule has 1 aromatic carbocycles. The second-order valence-corrected chi connectivity index (χ2v) is 4.71. The van der Waals surface area contributed by atoms with Crippen molar-refractivity contribution < 1.29 is 26.6 Å². The van der Waals surface area contributed by atoms with Crippen LogP contribution in [0, 0.1) is 10.1 Å². The number of nitrogens with two attached hydrogens (primary N) is 1. The fourth-order valence-electron chi connectivity index (χ4n) is 1.86. The minimum Gasteiger partial charge on any atom is -1.00 e. The van der Waals surface area contributed by atoms with Gasteiger partial charge in [0.2, 0.25) is 0 Å². The molecule has 0 spiro atoms. The van der Waals surface area contributed by atoms with Crippen molar-refractivity contribution in [2.45, 2.75) is 6.54 Å². The molecule has 0 aliphatic carbocycles. The summed E-state index contributed by atoms with van der Waals surface area (Å²) in [6, 6.07) is 4.67. The molecule has 0 amide bonds. The Hall–Kier alpha value is -1.80. The SMILES string of the molecule is C[n+]1cccn1CCNc1cc([N+](=O)[O-])c(N)cc1Cl.[Br-]. The molecular weight excluding hydrogens is 362 g/mol. The molecule has 2 aromatic rings. The van der Waals surface area contributed by atoms with Crippen LogP contribution in [0.3, 0.4) is 0 Å². The van der Waals surface area contributed by atoms with Gasteiger partial charge in [-0.3, -0.25) is 10.1 Å². The number of hydrogen-bond donors (Lipinski definition) is 2. The van der Waals surface area contributed by atoms with E-state index in [9.17, 15) is 10.1 Å². The van der Waals surface area contributed by atoms with E-state index < -0.39 is 4.92 Å². The number of hydrogen-bond acceptors (Lipinski definition) is 4. The van der Waals surface area contributed by atoms with Gasteiger partial charge in [-0.25, -0.2) is 0 Å². The monoisotopic (exact) mass is 375 g/mol. The van der Waals surface area contributed by atoms with Crippen LogP contribution in [0.25, 0.3) is 0 Å². The van der Waals surface area contributed by atoms with Crippen molar-refractivity contribution in [2.75, 3.05) is 17.6 Å². The van der Waals surface area contributed by atoms with Gasteiger partial charge < -0.3 is 28.0 Å². The predicted octanol–water partition coefficient (Wildman–Crippen LogP) is -1.43. The van der Waals surface area contributed by atoms with E-state index in [-0.39, 0.29) is 28.4 Å². The Bertz CT molecular complexity index is 647. The molecule has 0 fully saturated rings. The molecule has 0 atom stereocenters. The van der Waals surface area contributed by atoms with Crippen LogP contribution >= 0.6 is 11.6 Å². The van der Waals surface area contributed by atoms with Crippen LogP contribution in [0.1, 0.15) is 0 Å². The zero-order valence-electron chi connectivity index (χ0n) is 11.3. The van der Waals surface area contributed by atoms with Crippen molar-refractivity contribution in [3.63, 3.8) is 0 Å². The molecule has 0 saturated heterocycles. The molecule has 0 aliphatic rings. The smallest absolute Gasteiger partial charge is 0.294 e. The van der Waals surface area contributed by atoms with Gasteiger partial charge in [0, 0.05) is 18.7 Å². The maximum Gasteiger partial charge on any atom is 0.294 e. The topological polar surface area (TPSA) is 90.0 Å². The molecule has 0 radical (unpaired) electrons. The second kappa shape index (κ2) is 7.28. The number of anilines is 2. The first-order valence-electron chi connectivity index (χ1n) is 5.97. The van der Waals surface area contributed by atoms with Gasteiger partial charge >= 0.3 is 0 Å². The Kier molecular flexibility index (Phi) is 5.98. The molecule has 1 aromatic heterocycles. The summed E-state index contributed by atoms with van der Waals surface area (Å²) in [5.41, 5.74) is 5.97. The first-order chi connectivity index (χ1) is 9.49. The van der Waals surface area contributed by atoms with Crippen molar-refractivity contribution in [3.8, 4) is 0 Å². The number of nitrogen functional groups attached to an aromatic ring is 1. The fraction of sp³-hybridized carbons (Fsp3) is 0.250. The maximum absolute atomic E-state index is 10.8. The number of nitrogens with one attached hydrogen (secondary N) is 1. The van der Waals surface area contributed by atoms with Crippen molar-refractivity contribution in [1.29, 1.82) is 0 Å². The maximum atomic E-state index is 10.8. The fourth-order valence-corrected chi connectivity index (χ4v) is 2.10. The average Bonchev–Trinajstić information content (AvgIpc) is 2.77. The molecule has 1 heterocycles. The highest BCUT2D eigenvalue weighted by molar-refractivity contribution is 6.33. The van der Waals surface area contributed by atoms with E-state index in [1.165, 1.54) is 12.1 Å². The third-order valence-corrected chi connectivity index (χ3v) is 3.25. The molecule has 3 N–H and O–H groups in total. The predicted molar refractivity (Wildman–Crippen MR) is 76.6 cm³/mol. The van der Waals surface area contributed by atoms with Gasteiger partial charge in [0.05, 0.1) is 28.4 Å². The standard InChI is InChI=1S/C12H15ClN5O2.BrH/c1-16-4-2-5-17(16)6-3-15-11-8-12(18(19)20)10(14)7-9(11)13;/h2,4-5,7-8,15H,3,6,14H2,1H3;1H/q+1;/p-1. The molecule has 0 bridgehead atoms. The summed E-state index contributed by atoms with van der Waals surface area (Å²) in [6.07, 6.45) is 3.87. The molecule has 2 rings (SSSR count). The largest absolute Gasteiger partial charge is 1.00 e. The van der Waals surface area contributed by atoms with Gasteiger partial charge in [0.15, 0.2) is 13.2 Å². The Morgan fingerprint density at radius 2 is 2.24 bits per heavy atom. The zero-order chi connectivity index (χ0) is 14.7. The van der Waals surface area contributed by atoms with E-state index in [1.807, 2.05) is 34.9 Å². The first-order valence-corrected chi connectivity index (χ1v) is 6.35. The highest BCUT2D eigenvalue weighted by Crippen LogP contribution is 2.32. The number of nitro benzene ring substituents is 1. The van der Waals surface area contributed by atoms with Gasteiger partial charge in [0.1, 0.15) is 5.69 Å². The molecule has 21 heavy (non-hydrogen) atoms. The summed E-state index contributed by atoms with van der Waals surface area (Å²) >= 11 is 6.02. The van der Waals surface area contributed by atoms with Crippen LogP contribution in [0.4, 0.5) is 17.1 Å². The molecule has 7 nitrogen and oxygen atoms in total. The van der Waals surface area contributed by atoms with Gasteiger partial charge in [-0.05, 0) is 6.07 Å². The van der Waals surface area contributed by atoms with Crippen molar-refractivity contribution in [3.05, 3.63) is 45.7 Å². The highest BCUT2D eigenvalue weighted by Gasteiger charge is 2.15. The third-order valence-electron chi connectivity index (χ3n) is 2.93. The van der Waals surface area contributed by atoms with Crippen LogP contribution in [0.15, 0.2) is 30.6 Å². The second-order valence-electron chi connectivity index (χ2n) is 4.30. The van der Waals surface area contributed by atoms with Crippen LogP contribution in [0.2, 0.25) is 5.02 Å². The van der Waals surface area contributed by atoms with Crippen LogP contribution in [-0.4, -0.2) is 16.1 Å². The van der Waals surface area contributed by atoms with Crippen molar-refractivity contribution in [2.24, 2.45) is 7.05 Å². The molecule has 0 saturated carbocycles. The summed E-state index contributed by atoms with van der Waals surface area (Å²) < 4.78 is 3.93. The lowest BCUT2D eigenvalue weighted by Gasteiger charge is -2.09. The van der Waals surface area contributed by atoms with Crippen LogP contribution < -0.4 is 32.7 Å². The van der Waals surface area contributed by atoms with Gasteiger partial charge in [-0.1, -0.05) is 11.6 Å². The highest BCUT2D eigenvalue weighted by atomic mass is 79.9. The molecule has 0 unspecified atom stereocenters. The van der Waals surface area contributed by atoms with E-state index in [4.69, 9.17) is 17.3 Å². The van der Waals surface area contributed by atoms with Gasteiger partial charge in [0.25, 0.3) is 5.69 Å². The number of halogens is 2. The lowest BCUT2D eigenvalue weighted by atomic mass is 10.2. The zero-order valence-corrected chi connectivity index (χ0v) is 13.6. The van der Waals surface area contributed by atoms with E-state index in [1.54, 1.807) is 0 Å². The summed E-state index contributed by atoms with van der Waals surface area (Å²) in [4.78, 5) is 10.3. The summed E-state index contributed by atoms with van der Waals surface area (Å²) in [5, 5.41) is 14.3. The van der Waals surface area contributed by atoms with Crippen LogP contribution in [-0.2, 0) is 13.6 Å². The Labute approximate surface area is 137 Å². The molecule has 9 heteroatoms. The number of aromatic nitrogens is 2. The van der Waals surface area contributed by atoms with Crippen LogP contribution in [0.5, 0.6) is 0 Å². The minimum atomic E-state index is -0.525. The quantitative estimate of drug-likeness (QED) is 0.290. The number of benzene rings is 1. The normalized spacial score (nSPS) is 10.0. The average molecular weight is 377 g/mol. The minimum absolute atomic E-state index is 0. The summed E-state index contributed by atoms with van der Waals surface area (Å²) in [6.45, 7) is 1.29. The van der Waals surface area contributed by atoms with E-state index in [0.717, 1.165) is 0 Å². The van der Waals surface area contributed by atoms with E-state index in [0.29, 0.717) is 23.8 Å². The lowest BCUT2D eigenvalue weighted by Crippen LogP contribution is -3.00. The van der Waals surface area contributed by atoms with Crippen molar-refractivity contribution in [1.82, 2.24) is 4.68 Å². The van der Waals surface area contributed by atoms with Gasteiger partial charge in [-0.15, -0.1) is 4.68 Å². The van der Waals surface area contributed by atoms with Crippen molar-refractivity contribution >= 4 is 28.7 Å². The number of aryl methyl sites for hydroxylation is 1. The Morgan fingerprint density at radius 1 is 1.52 bits per heavy atom.